The Bertz CT molecular complexity index is 1010. The molecule has 0 bridgehead atoms. The van der Waals surface area contributed by atoms with E-state index in [-0.39, 0.29) is 18.2 Å². The predicted octanol–water partition coefficient (Wildman–Crippen LogP) is 3.04. The Kier molecular flexibility index (Phi) is 6.13. The first-order valence-electron chi connectivity index (χ1n) is 10.3. The Hall–Kier alpha value is -3.13. The summed E-state index contributed by atoms with van der Waals surface area (Å²) in [5.74, 6) is 0.572. The number of carbonyl (C=O) groups excluding carboxylic acids is 2. The van der Waals surface area contributed by atoms with Gasteiger partial charge < -0.3 is 18.6 Å². The number of ether oxygens (including phenoxy) is 1. The monoisotopic (exact) mass is 410 g/mol. The highest BCUT2D eigenvalue weighted by molar-refractivity contribution is 5.97. The number of hydrogen-bond acceptors (Lipinski definition) is 5. The molecule has 4 rings (SSSR count). The Morgan fingerprint density at radius 3 is 2.97 bits per heavy atom. The van der Waals surface area contributed by atoms with Gasteiger partial charge in [-0.05, 0) is 37.6 Å². The van der Waals surface area contributed by atoms with E-state index in [0.717, 1.165) is 17.5 Å². The van der Waals surface area contributed by atoms with Crippen LogP contribution in [0.1, 0.15) is 25.5 Å². The number of anilines is 1. The van der Waals surface area contributed by atoms with Crippen LogP contribution >= 0.6 is 0 Å². The summed E-state index contributed by atoms with van der Waals surface area (Å²) in [4.78, 5) is 31.5. The number of rotatable bonds is 9. The first-order chi connectivity index (χ1) is 14.7. The van der Waals surface area contributed by atoms with Crippen molar-refractivity contribution in [2.45, 2.75) is 32.9 Å². The summed E-state index contributed by atoms with van der Waals surface area (Å²) in [6.07, 6.45) is 2.59. The lowest BCUT2D eigenvalue weighted by atomic mass is 10.1. The average molecular weight is 410 g/mol. The van der Waals surface area contributed by atoms with Gasteiger partial charge in [-0.25, -0.2) is 4.98 Å². The first-order valence-corrected chi connectivity index (χ1v) is 10.3. The van der Waals surface area contributed by atoms with Gasteiger partial charge in [-0.3, -0.25) is 14.9 Å². The zero-order chi connectivity index (χ0) is 20.9. The molecular formula is C22H26N4O4. The second kappa shape index (κ2) is 9.13. The highest BCUT2D eigenvalue weighted by Crippen LogP contribution is 2.24. The van der Waals surface area contributed by atoms with E-state index in [1.54, 1.807) is 17.2 Å². The molecule has 1 aromatic carbocycles. The molecule has 1 unspecified atom stereocenters. The van der Waals surface area contributed by atoms with Crippen molar-refractivity contribution in [3.8, 4) is 0 Å². The maximum Gasteiger partial charge on any atom is 0.232 e. The first kappa shape index (κ1) is 20.2. The molecule has 1 fully saturated rings. The molecule has 158 valence electrons. The molecule has 30 heavy (non-hydrogen) atoms. The number of carbonyl (C=O) groups is 2. The molecule has 1 saturated heterocycles. The summed E-state index contributed by atoms with van der Waals surface area (Å²) in [6, 6.07) is 11.4. The van der Waals surface area contributed by atoms with E-state index < -0.39 is 5.92 Å². The number of aryl methyl sites for hydroxylation is 1. The number of furan rings is 1. The third-order valence-corrected chi connectivity index (χ3v) is 5.28. The average Bonchev–Trinajstić information content (AvgIpc) is 3.46. The molecule has 0 saturated carbocycles. The predicted molar refractivity (Wildman–Crippen MR) is 112 cm³/mol. The van der Waals surface area contributed by atoms with Crippen LogP contribution in [-0.4, -0.2) is 46.0 Å². The molecule has 2 aromatic heterocycles. The van der Waals surface area contributed by atoms with Crippen LogP contribution in [0.15, 0.2) is 47.1 Å². The number of nitrogens with one attached hydrogen (secondary N) is 1. The molecule has 3 aromatic rings. The molecule has 8 heteroatoms. The second-order valence-corrected chi connectivity index (χ2v) is 7.37. The van der Waals surface area contributed by atoms with Gasteiger partial charge in [0.25, 0.3) is 0 Å². The van der Waals surface area contributed by atoms with Gasteiger partial charge >= 0.3 is 0 Å². The van der Waals surface area contributed by atoms with Gasteiger partial charge in [0.05, 0.1) is 29.8 Å². The molecule has 3 heterocycles. The van der Waals surface area contributed by atoms with Gasteiger partial charge in [0.1, 0.15) is 5.76 Å². The summed E-state index contributed by atoms with van der Waals surface area (Å²) >= 11 is 0. The minimum Gasteiger partial charge on any atom is -0.467 e. The van der Waals surface area contributed by atoms with Gasteiger partial charge in [-0.2, -0.15) is 0 Å². The van der Waals surface area contributed by atoms with Crippen LogP contribution in [0.2, 0.25) is 0 Å². The van der Waals surface area contributed by atoms with Crippen molar-refractivity contribution in [1.29, 1.82) is 0 Å². The Morgan fingerprint density at radius 2 is 2.17 bits per heavy atom. The fraction of sp³-hybridized carbons (Fsp3) is 0.409. The van der Waals surface area contributed by atoms with Crippen LogP contribution in [0.4, 0.5) is 5.95 Å². The van der Waals surface area contributed by atoms with Crippen LogP contribution in [-0.2, 0) is 27.4 Å². The normalized spacial score (nSPS) is 16.5. The smallest absolute Gasteiger partial charge is 0.232 e. The molecule has 2 amide bonds. The third-order valence-electron chi connectivity index (χ3n) is 5.28. The largest absolute Gasteiger partial charge is 0.467 e. The lowest BCUT2D eigenvalue weighted by molar-refractivity contribution is -0.128. The van der Waals surface area contributed by atoms with E-state index in [4.69, 9.17) is 9.15 Å². The number of hydrogen-bond donors (Lipinski definition) is 1. The van der Waals surface area contributed by atoms with Crippen molar-refractivity contribution < 1.29 is 18.7 Å². The number of para-hydroxylation sites is 2. The highest BCUT2D eigenvalue weighted by Gasteiger charge is 2.35. The summed E-state index contributed by atoms with van der Waals surface area (Å²) in [5.41, 5.74) is 1.79. The van der Waals surface area contributed by atoms with Gasteiger partial charge in [-0.15, -0.1) is 0 Å². The zero-order valence-electron chi connectivity index (χ0n) is 17.0. The van der Waals surface area contributed by atoms with E-state index >= 15 is 0 Å². The summed E-state index contributed by atoms with van der Waals surface area (Å²) in [6.45, 7) is 4.73. The van der Waals surface area contributed by atoms with Gasteiger partial charge in [0.2, 0.25) is 17.8 Å². The standard InChI is InChI=1S/C22H26N4O4/c1-2-29-11-6-10-26-19-9-4-3-8-18(19)23-22(26)24-21(28)16-13-20(27)25(14-16)15-17-7-5-12-30-17/h3-5,7-9,12,16H,2,6,10-11,13-15H2,1H3,(H,23,24,28). The summed E-state index contributed by atoms with van der Waals surface area (Å²) < 4.78 is 12.8. The van der Waals surface area contributed by atoms with E-state index in [0.29, 0.717) is 44.6 Å². The van der Waals surface area contributed by atoms with Crippen molar-refractivity contribution in [3.05, 3.63) is 48.4 Å². The van der Waals surface area contributed by atoms with Gasteiger partial charge in [0.15, 0.2) is 0 Å². The molecule has 0 radical (unpaired) electrons. The van der Waals surface area contributed by atoms with Gasteiger partial charge in [0, 0.05) is 32.7 Å². The number of likely N-dealkylation sites (tertiary alicyclic amines) is 1. The number of nitrogens with zero attached hydrogens (tertiary/aromatic N) is 3. The van der Waals surface area contributed by atoms with Crippen LogP contribution in [0.3, 0.4) is 0 Å². The minimum atomic E-state index is -0.413. The summed E-state index contributed by atoms with van der Waals surface area (Å²) in [7, 11) is 0. The van der Waals surface area contributed by atoms with Crippen LogP contribution in [0.5, 0.6) is 0 Å². The van der Waals surface area contributed by atoms with E-state index in [9.17, 15) is 9.59 Å². The van der Waals surface area contributed by atoms with Crippen molar-refractivity contribution in [3.63, 3.8) is 0 Å². The fourth-order valence-corrected chi connectivity index (χ4v) is 3.77. The highest BCUT2D eigenvalue weighted by atomic mass is 16.5. The van der Waals surface area contributed by atoms with E-state index in [1.165, 1.54) is 0 Å². The van der Waals surface area contributed by atoms with E-state index in [1.807, 2.05) is 41.8 Å². The summed E-state index contributed by atoms with van der Waals surface area (Å²) in [5, 5.41) is 2.95. The third kappa shape index (κ3) is 4.38. The number of aromatic nitrogens is 2. The molecule has 1 N–H and O–H groups in total. The molecule has 1 aliphatic rings. The molecule has 1 atom stereocenters. The molecule has 0 spiro atoms. The number of amides is 2. The number of imidazole rings is 1. The second-order valence-electron chi connectivity index (χ2n) is 7.37. The Labute approximate surface area is 174 Å². The number of benzene rings is 1. The number of fused-ring (bicyclic) bond motifs is 1. The van der Waals surface area contributed by atoms with Crippen molar-refractivity contribution in [2.75, 3.05) is 25.1 Å². The van der Waals surface area contributed by atoms with E-state index in [2.05, 4.69) is 10.3 Å². The van der Waals surface area contributed by atoms with Crippen molar-refractivity contribution in [1.82, 2.24) is 14.5 Å². The zero-order valence-corrected chi connectivity index (χ0v) is 17.0. The lowest BCUT2D eigenvalue weighted by Crippen LogP contribution is -2.28. The molecule has 1 aliphatic heterocycles. The minimum absolute atomic E-state index is 0.0447. The maximum atomic E-state index is 12.9. The topological polar surface area (TPSA) is 89.6 Å². The molecule has 0 aliphatic carbocycles. The van der Waals surface area contributed by atoms with Crippen LogP contribution < -0.4 is 5.32 Å². The van der Waals surface area contributed by atoms with Crippen LogP contribution in [0, 0.1) is 5.92 Å². The van der Waals surface area contributed by atoms with Gasteiger partial charge in [-0.1, -0.05) is 12.1 Å². The molecule has 8 nitrogen and oxygen atoms in total. The lowest BCUT2D eigenvalue weighted by Gasteiger charge is -2.15. The van der Waals surface area contributed by atoms with Crippen LogP contribution in [0.25, 0.3) is 11.0 Å². The Morgan fingerprint density at radius 1 is 1.30 bits per heavy atom. The van der Waals surface area contributed by atoms with Crippen molar-refractivity contribution >= 4 is 28.8 Å². The molecular weight excluding hydrogens is 384 g/mol. The van der Waals surface area contributed by atoms with Crippen molar-refractivity contribution in [2.24, 2.45) is 5.92 Å². The Balaban J connectivity index is 1.45. The quantitative estimate of drug-likeness (QED) is 0.548. The SMILES string of the molecule is CCOCCCn1c(NC(=O)C2CC(=O)N(Cc3ccco3)C2)nc2ccccc21. The fourth-order valence-electron chi connectivity index (χ4n) is 3.77. The maximum absolute atomic E-state index is 12.9.